The Morgan fingerprint density at radius 1 is 1.17 bits per heavy atom. The third-order valence-electron chi connectivity index (χ3n) is 6.47. The van der Waals surface area contributed by atoms with E-state index in [2.05, 4.69) is 28.5 Å². The topological polar surface area (TPSA) is 48.3 Å². The maximum absolute atomic E-state index is 13.5. The molecule has 1 saturated heterocycles. The lowest BCUT2D eigenvalue weighted by atomic mass is 9.81. The van der Waals surface area contributed by atoms with E-state index in [9.17, 15) is 13.2 Å². The minimum absolute atomic E-state index is 0.0157. The van der Waals surface area contributed by atoms with Crippen LogP contribution in [0.1, 0.15) is 49.7 Å². The average Bonchev–Trinajstić information content (AvgIpc) is 3.48. The van der Waals surface area contributed by atoms with Crippen LogP contribution < -0.4 is 10.1 Å². The SMILES string of the molecule is CC(C)Oc1ccc(-n2ccnc2C(F)(F)F)cc1C1=C[C@@]2(CCCN[C@H]2c2ccccc2)OC1. The van der Waals surface area contributed by atoms with Crippen LogP contribution in [-0.4, -0.2) is 34.4 Å². The van der Waals surface area contributed by atoms with Crippen molar-refractivity contribution in [1.82, 2.24) is 14.9 Å². The van der Waals surface area contributed by atoms with Gasteiger partial charge in [0.1, 0.15) is 11.4 Å². The van der Waals surface area contributed by atoms with Gasteiger partial charge in [-0.15, -0.1) is 0 Å². The van der Waals surface area contributed by atoms with Crippen LogP contribution in [0.3, 0.4) is 0 Å². The van der Waals surface area contributed by atoms with E-state index in [0.717, 1.165) is 46.9 Å². The van der Waals surface area contributed by atoms with Crippen molar-refractivity contribution >= 4 is 5.57 Å². The highest BCUT2D eigenvalue weighted by Gasteiger charge is 2.45. The summed E-state index contributed by atoms with van der Waals surface area (Å²) in [4.78, 5) is 3.53. The molecule has 1 N–H and O–H groups in total. The molecule has 2 aliphatic heterocycles. The van der Waals surface area contributed by atoms with E-state index < -0.39 is 17.6 Å². The van der Waals surface area contributed by atoms with Gasteiger partial charge in [0.15, 0.2) is 0 Å². The summed E-state index contributed by atoms with van der Waals surface area (Å²) in [6.07, 6.45) is 1.78. The van der Waals surface area contributed by atoms with Gasteiger partial charge in [-0.25, -0.2) is 4.98 Å². The predicted molar refractivity (Wildman–Crippen MR) is 127 cm³/mol. The molecule has 184 valence electrons. The molecule has 0 amide bonds. The second-order valence-corrected chi connectivity index (χ2v) is 9.28. The van der Waals surface area contributed by atoms with Crippen molar-refractivity contribution < 1.29 is 22.6 Å². The second-order valence-electron chi connectivity index (χ2n) is 9.28. The van der Waals surface area contributed by atoms with E-state index in [0.29, 0.717) is 18.0 Å². The molecule has 3 heterocycles. The zero-order valence-corrected chi connectivity index (χ0v) is 19.7. The fourth-order valence-electron chi connectivity index (χ4n) is 5.03. The number of piperidine rings is 1. The van der Waals surface area contributed by atoms with Crippen molar-refractivity contribution in [2.45, 2.75) is 50.6 Å². The summed E-state index contributed by atoms with van der Waals surface area (Å²) >= 11 is 0. The zero-order chi connectivity index (χ0) is 24.6. The molecule has 5 nitrogen and oxygen atoms in total. The van der Waals surface area contributed by atoms with Crippen LogP contribution in [0.25, 0.3) is 11.3 Å². The van der Waals surface area contributed by atoms with E-state index in [1.54, 1.807) is 18.2 Å². The van der Waals surface area contributed by atoms with Crippen molar-refractivity contribution in [3.63, 3.8) is 0 Å². The number of alkyl halides is 3. The Kier molecular flexibility index (Phi) is 6.19. The van der Waals surface area contributed by atoms with Crippen molar-refractivity contribution in [1.29, 1.82) is 0 Å². The molecule has 3 aromatic rings. The molecular formula is C27H28F3N3O2. The number of rotatable bonds is 5. The first-order chi connectivity index (χ1) is 16.8. The Morgan fingerprint density at radius 3 is 2.71 bits per heavy atom. The van der Waals surface area contributed by atoms with E-state index in [-0.39, 0.29) is 12.1 Å². The summed E-state index contributed by atoms with van der Waals surface area (Å²) in [6, 6.07) is 15.3. The first-order valence-electron chi connectivity index (χ1n) is 11.8. The van der Waals surface area contributed by atoms with Gasteiger partial charge >= 0.3 is 6.18 Å². The van der Waals surface area contributed by atoms with Gasteiger partial charge in [-0.1, -0.05) is 30.3 Å². The van der Waals surface area contributed by atoms with Crippen LogP contribution in [-0.2, 0) is 10.9 Å². The molecule has 2 aromatic carbocycles. The van der Waals surface area contributed by atoms with Gasteiger partial charge in [-0.05, 0) is 68.6 Å². The fourth-order valence-corrected chi connectivity index (χ4v) is 5.03. The predicted octanol–water partition coefficient (Wildman–Crippen LogP) is 5.96. The van der Waals surface area contributed by atoms with Gasteiger partial charge in [0.25, 0.3) is 0 Å². The Bertz CT molecular complexity index is 1220. The minimum Gasteiger partial charge on any atom is -0.490 e. The molecule has 2 aliphatic rings. The molecule has 35 heavy (non-hydrogen) atoms. The number of halogens is 3. The van der Waals surface area contributed by atoms with Crippen LogP contribution in [0.4, 0.5) is 13.2 Å². The molecule has 0 saturated carbocycles. The number of benzene rings is 2. The average molecular weight is 484 g/mol. The molecule has 1 aromatic heterocycles. The first-order valence-corrected chi connectivity index (χ1v) is 11.8. The number of imidazole rings is 1. The molecule has 0 unspecified atom stereocenters. The third-order valence-corrected chi connectivity index (χ3v) is 6.47. The van der Waals surface area contributed by atoms with Gasteiger partial charge in [0.05, 0.1) is 18.8 Å². The van der Waals surface area contributed by atoms with Crippen molar-refractivity contribution in [2.75, 3.05) is 13.2 Å². The van der Waals surface area contributed by atoms with Crippen LogP contribution in [0.5, 0.6) is 5.75 Å². The molecule has 5 rings (SSSR count). The minimum atomic E-state index is -4.56. The zero-order valence-electron chi connectivity index (χ0n) is 19.7. The van der Waals surface area contributed by atoms with Crippen LogP contribution in [0, 0.1) is 0 Å². The van der Waals surface area contributed by atoms with Crippen molar-refractivity contribution in [2.24, 2.45) is 0 Å². The van der Waals surface area contributed by atoms with Crippen molar-refractivity contribution in [3.05, 3.63) is 84.0 Å². The Labute approximate surface area is 202 Å². The van der Waals surface area contributed by atoms with Gasteiger partial charge in [0, 0.05) is 23.6 Å². The van der Waals surface area contributed by atoms with E-state index in [1.165, 1.54) is 6.20 Å². The third kappa shape index (κ3) is 4.60. The highest BCUT2D eigenvalue weighted by atomic mass is 19.4. The molecular weight excluding hydrogens is 455 g/mol. The standard InChI is InChI=1S/C27H28F3N3O2/c1-18(2)35-23-10-9-21(33-14-13-32-25(33)27(28,29)30)15-22(23)20-16-26(34-17-20)11-6-12-31-24(26)19-7-4-3-5-8-19/h3-5,7-10,13-16,18,24,31H,6,11-12,17H2,1-2H3/t24-,26+/m0/s1. The van der Waals surface area contributed by atoms with Crippen LogP contribution in [0.2, 0.25) is 0 Å². The van der Waals surface area contributed by atoms with Gasteiger partial charge in [-0.2, -0.15) is 13.2 Å². The summed E-state index contributed by atoms with van der Waals surface area (Å²) < 4.78 is 54.1. The fraction of sp³-hybridized carbons (Fsp3) is 0.370. The number of hydrogen-bond acceptors (Lipinski definition) is 4. The van der Waals surface area contributed by atoms with E-state index in [1.807, 2.05) is 32.0 Å². The quantitative estimate of drug-likeness (QED) is 0.487. The molecule has 0 bridgehead atoms. The smallest absolute Gasteiger partial charge is 0.450 e. The maximum Gasteiger partial charge on any atom is 0.450 e. The highest BCUT2D eigenvalue weighted by Crippen LogP contribution is 2.45. The lowest BCUT2D eigenvalue weighted by Gasteiger charge is -2.40. The number of nitrogens with zero attached hydrogens (tertiary/aromatic N) is 2. The lowest BCUT2D eigenvalue weighted by molar-refractivity contribution is -0.145. The molecule has 0 radical (unpaired) electrons. The first kappa shape index (κ1) is 23.6. The largest absolute Gasteiger partial charge is 0.490 e. The Morgan fingerprint density at radius 2 is 1.97 bits per heavy atom. The number of hydrogen-bond donors (Lipinski definition) is 1. The second kappa shape index (κ2) is 9.17. The van der Waals surface area contributed by atoms with Gasteiger partial charge in [-0.3, -0.25) is 4.57 Å². The van der Waals surface area contributed by atoms with Crippen LogP contribution >= 0.6 is 0 Å². The van der Waals surface area contributed by atoms with E-state index in [4.69, 9.17) is 9.47 Å². The summed E-state index contributed by atoms with van der Waals surface area (Å²) in [7, 11) is 0. The van der Waals surface area contributed by atoms with Gasteiger partial charge < -0.3 is 14.8 Å². The summed E-state index contributed by atoms with van der Waals surface area (Å²) in [5.41, 5.74) is 2.61. The number of ether oxygens (including phenoxy) is 2. The summed E-state index contributed by atoms with van der Waals surface area (Å²) in [6.45, 7) is 5.09. The number of aromatic nitrogens is 2. The molecule has 8 heteroatoms. The monoisotopic (exact) mass is 483 g/mol. The van der Waals surface area contributed by atoms with E-state index >= 15 is 0 Å². The van der Waals surface area contributed by atoms with Crippen LogP contribution in [0.15, 0.2) is 67.0 Å². The normalized spacial score (nSPS) is 22.6. The summed E-state index contributed by atoms with van der Waals surface area (Å²) in [5.74, 6) is -0.348. The molecule has 1 fully saturated rings. The summed E-state index contributed by atoms with van der Waals surface area (Å²) in [5, 5.41) is 3.61. The lowest BCUT2D eigenvalue weighted by Crippen LogP contribution is -2.47. The Balaban J connectivity index is 1.58. The molecule has 0 aliphatic carbocycles. The number of nitrogens with one attached hydrogen (secondary N) is 1. The molecule has 2 atom stereocenters. The maximum atomic E-state index is 13.5. The Hall–Kier alpha value is -3.10. The van der Waals surface area contributed by atoms with Gasteiger partial charge in [0.2, 0.25) is 5.82 Å². The highest BCUT2D eigenvalue weighted by molar-refractivity contribution is 5.75. The van der Waals surface area contributed by atoms with Crippen molar-refractivity contribution in [3.8, 4) is 11.4 Å². The molecule has 1 spiro atoms.